The van der Waals surface area contributed by atoms with E-state index in [2.05, 4.69) is 11.8 Å². The van der Waals surface area contributed by atoms with Gasteiger partial charge in [-0.15, -0.1) is 0 Å². The summed E-state index contributed by atoms with van der Waals surface area (Å²) in [6, 6.07) is -0.522. The highest BCUT2D eigenvalue weighted by Crippen LogP contribution is 2.06. The van der Waals surface area contributed by atoms with Crippen molar-refractivity contribution in [2.75, 3.05) is 45.8 Å². The second kappa shape index (κ2) is 7.68. The molecule has 1 rings (SSSR count). The van der Waals surface area contributed by atoms with Crippen molar-refractivity contribution in [3.05, 3.63) is 0 Å². The van der Waals surface area contributed by atoms with Crippen LogP contribution in [-0.4, -0.2) is 88.7 Å². The first-order chi connectivity index (χ1) is 9.43. The Bertz CT molecular complexity index is 350. The SMILES string of the molecule is CCCN1CCN(C(=O)N(CC(=O)O)CC(=O)O)CC1. The summed E-state index contributed by atoms with van der Waals surface area (Å²) in [5.74, 6) is -2.44. The number of urea groups is 1. The number of carbonyl (C=O) groups excluding carboxylic acids is 1. The van der Waals surface area contributed by atoms with Gasteiger partial charge in [-0.2, -0.15) is 0 Å². The molecule has 0 radical (unpaired) electrons. The number of hydrogen-bond acceptors (Lipinski definition) is 4. The highest BCUT2D eigenvalue weighted by Gasteiger charge is 2.27. The quantitative estimate of drug-likeness (QED) is 0.689. The van der Waals surface area contributed by atoms with Gasteiger partial charge < -0.3 is 20.0 Å². The van der Waals surface area contributed by atoms with Crippen LogP contribution in [0.15, 0.2) is 0 Å². The summed E-state index contributed by atoms with van der Waals surface area (Å²) in [6.07, 6.45) is 1.04. The van der Waals surface area contributed by atoms with Crippen LogP contribution in [0.3, 0.4) is 0 Å². The molecule has 0 atom stereocenters. The minimum absolute atomic E-state index is 0.495. The van der Waals surface area contributed by atoms with E-state index < -0.39 is 31.1 Å². The Balaban J connectivity index is 2.57. The van der Waals surface area contributed by atoms with Crippen LogP contribution in [0.2, 0.25) is 0 Å². The topological polar surface area (TPSA) is 101 Å². The van der Waals surface area contributed by atoms with Crippen molar-refractivity contribution in [1.29, 1.82) is 0 Å². The number of nitrogens with zero attached hydrogens (tertiary/aromatic N) is 3. The van der Waals surface area contributed by atoms with Crippen LogP contribution in [0.5, 0.6) is 0 Å². The minimum atomic E-state index is -1.22. The average molecular weight is 287 g/mol. The summed E-state index contributed by atoms with van der Waals surface area (Å²) < 4.78 is 0. The molecule has 8 heteroatoms. The van der Waals surface area contributed by atoms with Gasteiger partial charge in [0.05, 0.1) is 0 Å². The van der Waals surface area contributed by atoms with E-state index in [0.29, 0.717) is 13.1 Å². The van der Waals surface area contributed by atoms with Gasteiger partial charge in [0.15, 0.2) is 0 Å². The van der Waals surface area contributed by atoms with Crippen LogP contribution in [0.4, 0.5) is 4.79 Å². The average Bonchev–Trinajstić information content (AvgIpc) is 2.37. The molecule has 114 valence electrons. The van der Waals surface area contributed by atoms with Gasteiger partial charge in [0.2, 0.25) is 0 Å². The molecule has 8 nitrogen and oxygen atoms in total. The summed E-state index contributed by atoms with van der Waals surface area (Å²) in [7, 11) is 0. The lowest BCUT2D eigenvalue weighted by atomic mass is 10.3. The molecule has 1 saturated heterocycles. The van der Waals surface area contributed by atoms with Crippen LogP contribution in [0, 0.1) is 0 Å². The normalized spacial score (nSPS) is 15.9. The third kappa shape index (κ3) is 5.04. The van der Waals surface area contributed by atoms with Gasteiger partial charge in [-0.05, 0) is 13.0 Å². The maximum Gasteiger partial charge on any atom is 0.323 e. The molecular formula is C12H21N3O5. The second-order valence-corrected chi connectivity index (χ2v) is 4.75. The predicted molar refractivity (Wildman–Crippen MR) is 70.5 cm³/mol. The molecule has 1 heterocycles. The number of piperazine rings is 1. The Kier molecular flexibility index (Phi) is 6.23. The Morgan fingerprint density at radius 1 is 1.00 bits per heavy atom. The first-order valence-corrected chi connectivity index (χ1v) is 6.63. The number of rotatable bonds is 6. The molecule has 1 aliphatic heterocycles. The number of amides is 2. The molecule has 2 amide bonds. The van der Waals surface area contributed by atoms with Crippen LogP contribution in [0.1, 0.15) is 13.3 Å². The van der Waals surface area contributed by atoms with E-state index in [9.17, 15) is 14.4 Å². The summed E-state index contributed by atoms with van der Waals surface area (Å²) in [6.45, 7) is 4.31. The molecule has 0 aromatic heterocycles. The molecule has 1 aliphatic rings. The Morgan fingerprint density at radius 3 is 1.90 bits per heavy atom. The molecule has 0 bridgehead atoms. The first kappa shape index (κ1) is 16.2. The zero-order valence-corrected chi connectivity index (χ0v) is 11.6. The molecule has 0 saturated carbocycles. The third-order valence-electron chi connectivity index (χ3n) is 3.11. The smallest absolute Gasteiger partial charge is 0.323 e. The van der Waals surface area contributed by atoms with Gasteiger partial charge in [0, 0.05) is 26.2 Å². The van der Waals surface area contributed by atoms with E-state index in [1.54, 1.807) is 0 Å². The van der Waals surface area contributed by atoms with Gasteiger partial charge >= 0.3 is 18.0 Å². The lowest BCUT2D eigenvalue weighted by Gasteiger charge is -2.36. The fourth-order valence-electron chi connectivity index (χ4n) is 2.20. The van der Waals surface area contributed by atoms with Crippen molar-refractivity contribution in [1.82, 2.24) is 14.7 Å². The predicted octanol–water partition coefficient (Wildman–Crippen LogP) is -0.395. The molecular weight excluding hydrogens is 266 g/mol. The maximum absolute atomic E-state index is 12.1. The van der Waals surface area contributed by atoms with Gasteiger partial charge in [-0.25, -0.2) is 4.79 Å². The Labute approximate surface area is 117 Å². The van der Waals surface area contributed by atoms with Crippen LogP contribution >= 0.6 is 0 Å². The third-order valence-corrected chi connectivity index (χ3v) is 3.11. The molecule has 1 fully saturated rings. The zero-order valence-electron chi connectivity index (χ0n) is 11.6. The fraction of sp³-hybridized carbons (Fsp3) is 0.750. The number of hydrogen-bond donors (Lipinski definition) is 2. The van der Waals surface area contributed by atoms with Crippen molar-refractivity contribution in [3.8, 4) is 0 Å². The molecule has 0 aromatic carbocycles. The number of carboxylic acid groups (broad SMARTS) is 2. The van der Waals surface area contributed by atoms with Gasteiger partial charge in [-0.3, -0.25) is 14.5 Å². The molecule has 0 aromatic rings. The van der Waals surface area contributed by atoms with E-state index in [1.165, 1.54) is 4.90 Å². The van der Waals surface area contributed by atoms with Crippen LogP contribution in [0.25, 0.3) is 0 Å². The van der Waals surface area contributed by atoms with E-state index >= 15 is 0 Å². The molecule has 2 N–H and O–H groups in total. The lowest BCUT2D eigenvalue weighted by molar-refractivity contribution is -0.140. The van der Waals surface area contributed by atoms with Crippen molar-refractivity contribution in [2.24, 2.45) is 0 Å². The van der Waals surface area contributed by atoms with E-state index in [4.69, 9.17) is 10.2 Å². The van der Waals surface area contributed by atoms with Gasteiger partial charge in [0.1, 0.15) is 13.1 Å². The summed E-state index contributed by atoms with van der Waals surface area (Å²) >= 11 is 0. The van der Waals surface area contributed by atoms with Gasteiger partial charge in [-0.1, -0.05) is 6.92 Å². The summed E-state index contributed by atoms with van der Waals surface area (Å²) in [5.41, 5.74) is 0. The Hall–Kier alpha value is -1.83. The summed E-state index contributed by atoms with van der Waals surface area (Å²) in [4.78, 5) is 38.1. The van der Waals surface area contributed by atoms with Crippen LogP contribution < -0.4 is 0 Å². The number of carbonyl (C=O) groups is 3. The lowest BCUT2D eigenvalue weighted by Crippen LogP contribution is -2.54. The van der Waals surface area contributed by atoms with Crippen molar-refractivity contribution < 1.29 is 24.6 Å². The van der Waals surface area contributed by atoms with Crippen molar-refractivity contribution in [3.63, 3.8) is 0 Å². The zero-order chi connectivity index (χ0) is 15.1. The number of aliphatic carboxylic acids is 2. The van der Waals surface area contributed by atoms with E-state index in [1.807, 2.05) is 0 Å². The maximum atomic E-state index is 12.1. The fourth-order valence-corrected chi connectivity index (χ4v) is 2.20. The Morgan fingerprint density at radius 2 is 1.50 bits per heavy atom. The first-order valence-electron chi connectivity index (χ1n) is 6.63. The van der Waals surface area contributed by atoms with Gasteiger partial charge in [0.25, 0.3) is 0 Å². The highest BCUT2D eigenvalue weighted by atomic mass is 16.4. The molecule has 20 heavy (non-hydrogen) atoms. The summed E-state index contributed by atoms with van der Waals surface area (Å²) in [5, 5.41) is 17.5. The largest absolute Gasteiger partial charge is 0.480 e. The molecule has 0 spiro atoms. The number of carboxylic acids is 2. The van der Waals surface area contributed by atoms with E-state index in [0.717, 1.165) is 31.0 Å². The highest BCUT2D eigenvalue weighted by molar-refractivity contribution is 5.84. The monoisotopic (exact) mass is 287 g/mol. The minimum Gasteiger partial charge on any atom is -0.480 e. The van der Waals surface area contributed by atoms with E-state index in [-0.39, 0.29) is 0 Å². The standard InChI is InChI=1S/C12H21N3O5/c1-2-3-13-4-6-14(7-5-13)12(20)15(8-10(16)17)9-11(18)19/h2-9H2,1H3,(H,16,17)(H,18,19). The second-order valence-electron chi connectivity index (χ2n) is 4.75. The van der Waals surface area contributed by atoms with Crippen molar-refractivity contribution in [2.45, 2.75) is 13.3 Å². The molecule has 0 unspecified atom stereocenters. The molecule has 0 aliphatic carbocycles. The van der Waals surface area contributed by atoms with Crippen molar-refractivity contribution >= 4 is 18.0 Å². The van der Waals surface area contributed by atoms with Crippen LogP contribution in [-0.2, 0) is 9.59 Å².